The summed E-state index contributed by atoms with van der Waals surface area (Å²) in [7, 11) is 0. The summed E-state index contributed by atoms with van der Waals surface area (Å²) >= 11 is 0. The Morgan fingerprint density at radius 1 is 0.933 bits per heavy atom. The van der Waals surface area contributed by atoms with E-state index < -0.39 is 36.7 Å². The van der Waals surface area contributed by atoms with Crippen molar-refractivity contribution < 1.29 is 29.2 Å². The van der Waals surface area contributed by atoms with E-state index in [9.17, 15) is 10.2 Å². The number of fused-ring (bicyclic) bond motifs is 3. The summed E-state index contributed by atoms with van der Waals surface area (Å²) in [5.41, 5.74) is 0. The van der Waals surface area contributed by atoms with Gasteiger partial charge >= 0.3 is 0 Å². The van der Waals surface area contributed by atoms with Crippen LogP contribution in [0.4, 0.5) is 0 Å². The zero-order valence-corrected chi connectivity index (χ0v) is 8.49. The molecule has 2 N–H and O–H groups in total. The summed E-state index contributed by atoms with van der Waals surface area (Å²) < 4.78 is 21.7. The fraction of sp³-hybridized carbons (Fsp3) is 1.00. The molecule has 15 heavy (non-hydrogen) atoms. The van der Waals surface area contributed by atoms with E-state index >= 15 is 0 Å². The van der Waals surface area contributed by atoms with Crippen LogP contribution in [-0.2, 0) is 18.9 Å². The average molecular weight is 218 g/mol. The first-order valence-electron chi connectivity index (χ1n) is 5.01. The lowest BCUT2D eigenvalue weighted by atomic mass is 10.1. The third kappa shape index (κ3) is 1.33. The van der Waals surface area contributed by atoms with E-state index in [0.29, 0.717) is 0 Å². The monoisotopic (exact) mass is 218 g/mol. The van der Waals surface area contributed by atoms with Gasteiger partial charge in [-0.25, -0.2) is 0 Å². The first-order valence-corrected chi connectivity index (χ1v) is 5.01. The third-order valence-electron chi connectivity index (χ3n) is 2.95. The third-order valence-corrected chi connectivity index (χ3v) is 2.95. The van der Waals surface area contributed by atoms with E-state index in [1.807, 2.05) is 0 Å². The molecule has 0 saturated carbocycles. The number of hydrogen-bond acceptors (Lipinski definition) is 6. The molecule has 0 radical (unpaired) electrons. The van der Waals surface area contributed by atoms with Gasteiger partial charge in [-0.3, -0.25) is 0 Å². The Morgan fingerprint density at radius 2 is 1.67 bits per heavy atom. The van der Waals surface area contributed by atoms with Crippen molar-refractivity contribution in [2.75, 3.05) is 0 Å². The van der Waals surface area contributed by atoms with Crippen LogP contribution in [-0.4, -0.2) is 53.0 Å². The zero-order valence-electron chi connectivity index (χ0n) is 8.49. The molecule has 0 aromatic heterocycles. The Bertz CT molecular complexity index is 280. The molecule has 6 unspecified atom stereocenters. The Kier molecular flexibility index (Phi) is 1.93. The van der Waals surface area contributed by atoms with Crippen molar-refractivity contribution in [2.24, 2.45) is 0 Å². The van der Waals surface area contributed by atoms with Gasteiger partial charge in [0.1, 0.15) is 24.4 Å². The van der Waals surface area contributed by atoms with Crippen LogP contribution in [0.15, 0.2) is 0 Å². The number of ether oxygens (including phenoxy) is 4. The van der Waals surface area contributed by atoms with E-state index in [1.54, 1.807) is 13.8 Å². The highest BCUT2D eigenvalue weighted by Gasteiger charge is 2.61. The van der Waals surface area contributed by atoms with Gasteiger partial charge in [0.25, 0.3) is 0 Å². The minimum absolute atomic E-state index is 0.378. The van der Waals surface area contributed by atoms with E-state index in [1.165, 1.54) is 0 Å². The molecule has 0 aliphatic carbocycles. The fourth-order valence-corrected chi connectivity index (χ4v) is 2.34. The molecule has 3 heterocycles. The number of hydrogen-bond donors (Lipinski definition) is 2. The summed E-state index contributed by atoms with van der Waals surface area (Å²) in [6, 6.07) is 0. The maximum atomic E-state index is 9.54. The largest absolute Gasteiger partial charge is 0.385 e. The second-order valence-electron chi connectivity index (χ2n) is 4.55. The zero-order chi connectivity index (χ0) is 10.8. The van der Waals surface area contributed by atoms with Crippen molar-refractivity contribution in [1.82, 2.24) is 0 Å². The summed E-state index contributed by atoms with van der Waals surface area (Å²) in [5, 5.41) is 18.8. The molecule has 3 saturated heterocycles. The molecule has 0 bridgehead atoms. The normalized spacial score (nSPS) is 56.8. The van der Waals surface area contributed by atoms with Gasteiger partial charge in [0.2, 0.25) is 0 Å². The minimum Gasteiger partial charge on any atom is -0.385 e. The fourth-order valence-electron chi connectivity index (χ4n) is 2.34. The first kappa shape index (κ1) is 9.95. The lowest BCUT2D eigenvalue weighted by Crippen LogP contribution is -2.35. The quantitative estimate of drug-likeness (QED) is 0.539. The van der Waals surface area contributed by atoms with Crippen LogP contribution in [0.2, 0.25) is 0 Å². The maximum Gasteiger partial charge on any atom is 0.190 e. The molecule has 3 aliphatic heterocycles. The van der Waals surface area contributed by atoms with Gasteiger partial charge in [-0.05, 0) is 13.8 Å². The highest BCUT2D eigenvalue weighted by molar-refractivity contribution is 5.01. The van der Waals surface area contributed by atoms with Gasteiger partial charge in [0, 0.05) is 0 Å². The van der Waals surface area contributed by atoms with Crippen molar-refractivity contribution in [3.05, 3.63) is 0 Å². The van der Waals surface area contributed by atoms with Gasteiger partial charge in [0.05, 0.1) is 0 Å². The lowest BCUT2D eigenvalue weighted by Gasteiger charge is -2.21. The molecule has 0 aromatic carbocycles. The predicted molar refractivity (Wildman–Crippen MR) is 45.6 cm³/mol. The standard InChI is InChI=1S/C9H14O6/c1-9(2)14-6-5-4(13-8(6)15-9)3(10)7(11)12-5/h3-8,10-11H,1-2H3. The molecular weight excluding hydrogens is 204 g/mol. The van der Waals surface area contributed by atoms with E-state index in [-0.39, 0.29) is 6.10 Å². The molecule has 86 valence electrons. The smallest absolute Gasteiger partial charge is 0.190 e. The summed E-state index contributed by atoms with van der Waals surface area (Å²) in [4.78, 5) is 0. The molecule has 3 fully saturated rings. The van der Waals surface area contributed by atoms with E-state index in [4.69, 9.17) is 18.9 Å². The molecular formula is C9H14O6. The summed E-state index contributed by atoms with van der Waals surface area (Å²) in [6.45, 7) is 3.57. The SMILES string of the molecule is CC1(C)OC2OC3C(O)C(O)OC3C2O1. The molecule has 3 rings (SSSR count). The average Bonchev–Trinajstić information content (AvgIpc) is 2.66. The second-order valence-corrected chi connectivity index (χ2v) is 4.55. The minimum atomic E-state index is -1.20. The van der Waals surface area contributed by atoms with Crippen molar-refractivity contribution in [3.63, 3.8) is 0 Å². The predicted octanol–water partition coefficient (Wildman–Crippen LogP) is -1.06. The summed E-state index contributed by atoms with van der Waals surface area (Å²) in [5.74, 6) is -0.706. The second kappa shape index (κ2) is 2.91. The van der Waals surface area contributed by atoms with Gasteiger partial charge in [-0.15, -0.1) is 0 Å². The van der Waals surface area contributed by atoms with Crippen molar-refractivity contribution in [1.29, 1.82) is 0 Å². The molecule has 6 atom stereocenters. The van der Waals surface area contributed by atoms with Gasteiger partial charge in [0.15, 0.2) is 18.4 Å². The van der Waals surface area contributed by atoms with Gasteiger partial charge in [-0.2, -0.15) is 0 Å². The highest BCUT2D eigenvalue weighted by Crippen LogP contribution is 2.42. The van der Waals surface area contributed by atoms with Crippen molar-refractivity contribution in [3.8, 4) is 0 Å². The number of aliphatic hydroxyl groups excluding tert-OH is 2. The van der Waals surface area contributed by atoms with Crippen molar-refractivity contribution >= 4 is 0 Å². The van der Waals surface area contributed by atoms with Crippen LogP contribution in [0.25, 0.3) is 0 Å². The summed E-state index contributed by atoms with van der Waals surface area (Å²) in [6.07, 6.45) is -4.15. The van der Waals surface area contributed by atoms with Crippen LogP contribution < -0.4 is 0 Å². The Balaban J connectivity index is 1.80. The van der Waals surface area contributed by atoms with E-state index in [0.717, 1.165) is 0 Å². The molecule has 0 spiro atoms. The Hall–Kier alpha value is -0.240. The molecule has 3 aliphatic rings. The topological polar surface area (TPSA) is 77.4 Å². The number of rotatable bonds is 0. The molecule has 6 heteroatoms. The van der Waals surface area contributed by atoms with E-state index in [2.05, 4.69) is 0 Å². The van der Waals surface area contributed by atoms with Crippen LogP contribution in [0, 0.1) is 0 Å². The highest BCUT2D eigenvalue weighted by atomic mass is 16.9. The number of aliphatic hydroxyl groups is 2. The lowest BCUT2D eigenvalue weighted by molar-refractivity contribution is -0.214. The van der Waals surface area contributed by atoms with Gasteiger partial charge < -0.3 is 29.2 Å². The van der Waals surface area contributed by atoms with Gasteiger partial charge in [-0.1, -0.05) is 0 Å². The molecule has 6 nitrogen and oxygen atoms in total. The van der Waals surface area contributed by atoms with Crippen LogP contribution in [0.5, 0.6) is 0 Å². The van der Waals surface area contributed by atoms with Crippen LogP contribution >= 0.6 is 0 Å². The molecule has 0 amide bonds. The van der Waals surface area contributed by atoms with Crippen LogP contribution in [0.3, 0.4) is 0 Å². The first-order chi connectivity index (χ1) is 6.98. The Morgan fingerprint density at radius 3 is 2.40 bits per heavy atom. The molecule has 0 aromatic rings. The van der Waals surface area contributed by atoms with Crippen molar-refractivity contribution in [2.45, 2.75) is 56.6 Å². The Labute approximate surface area is 86.7 Å². The maximum absolute atomic E-state index is 9.54. The van der Waals surface area contributed by atoms with Crippen LogP contribution in [0.1, 0.15) is 13.8 Å².